The zero-order valence-corrected chi connectivity index (χ0v) is 9.38. The summed E-state index contributed by atoms with van der Waals surface area (Å²) in [6.07, 6.45) is 2.07. The highest BCUT2D eigenvalue weighted by Gasteiger charge is 2.12. The van der Waals surface area contributed by atoms with Gasteiger partial charge in [0.25, 0.3) is 0 Å². The van der Waals surface area contributed by atoms with E-state index in [1.54, 1.807) is 18.2 Å². The molecule has 1 rings (SSSR count). The molecule has 0 fully saturated rings. The molecule has 0 atom stereocenters. The van der Waals surface area contributed by atoms with Crippen LogP contribution in [-0.4, -0.2) is 16.2 Å². The van der Waals surface area contributed by atoms with Gasteiger partial charge in [-0.2, -0.15) is 0 Å². The Bertz CT molecular complexity index is 444. The molecular weight excluding hydrogens is 224 g/mol. The van der Waals surface area contributed by atoms with Gasteiger partial charge in [-0.05, 0) is 36.3 Å². The van der Waals surface area contributed by atoms with Crippen LogP contribution < -0.4 is 11.1 Å². The summed E-state index contributed by atoms with van der Waals surface area (Å²) in [7, 11) is 0. The first-order valence-corrected chi connectivity index (χ1v) is 4.99. The SMILES string of the molecule is C=CCc1c(NC(N)=S)cccc1C(=O)O. The van der Waals surface area contributed by atoms with Crippen molar-refractivity contribution >= 4 is 29.0 Å². The molecule has 1 aromatic rings. The lowest BCUT2D eigenvalue weighted by molar-refractivity contribution is 0.0696. The predicted octanol–water partition coefficient (Wildman–Crippen LogP) is 1.77. The van der Waals surface area contributed by atoms with Crippen LogP contribution in [-0.2, 0) is 6.42 Å². The molecule has 5 heteroatoms. The number of hydrogen-bond acceptors (Lipinski definition) is 2. The molecule has 0 saturated heterocycles. The summed E-state index contributed by atoms with van der Waals surface area (Å²) in [6.45, 7) is 3.59. The van der Waals surface area contributed by atoms with E-state index >= 15 is 0 Å². The molecule has 16 heavy (non-hydrogen) atoms. The van der Waals surface area contributed by atoms with Crippen LogP contribution in [0, 0.1) is 0 Å². The lowest BCUT2D eigenvalue weighted by Gasteiger charge is -2.11. The number of carboxylic acid groups (broad SMARTS) is 1. The third kappa shape index (κ3) is 2.80. The molecule has 0 heterocycles. The average molecular weight is 236 g/mol. The van der Waals surface area contributed by atoms with Crippen molar-refractivity contribution in [1.82, 2.24) is 0 Å². The zero-order chi connectivity index (χ0) is 12.1. The molecule has 0 amide bonds. The summed E-state index contributed by atoms with van der Waals surface area (Å²) in [4.78, 5) is 11.0. The number of carboxylic acids is 1. The van der Waals surface area contributed by atoms with E-state index in [2.05, 4.69) is 11.9 Å². The third-order valence-corrected chi connectivity index (χ3v) is 2.11. The Labute approximate surface area is 98.8 Å². The minimum Gasteiger partial charge on any atom is -0.478 e. The van der Waals surface area contributed by atoms with Gasteiger partial charge in [-0.15, -0.1) is 6.58 Å². The van der Waals surface area contributed by atoms with Gasteiger partial charge in [-0.1, -0.05) is 12.1 Å². The van der Waals surface area contributed by atoms with Crippen LogP contribution in [0.4, 0.5) is 5.69 Å². The van der Waals surface area contributed by atoms with Gasteiger partial charge >= 0.3 is 5.97 Å². The van der Waals surface area contributed by atoms with Gasteiger partial charge in [-0.25, -0.2) is 4.79 Å². The lowest BCUT2D eigenvalue weighted by Crippen LogP contribution is -2.20. The van der Waals surface area contributed by atoms with Crippen LogP contribution in [0.15, 0.2) is 30.9 Å². The van der Waals surface area contributed by atoms with Crippen molar-refractivity contribution in [2.45, 2.75) is 6.42 Å². The maximum Gasteiger partial charge on any atom is 0.336 e. The molecule has 0 spiro atoms. The molecular formula is C11H12N2O2S. The Kier molecular flexibility index (Phi) is 4.02. The highest BCUT2D eigenvalue weighted by Crippen LogP contribution is 2.21. The van der Waals surface area contributed by atoms with E-state index in [9.17, 15) is 4.79 Å². The first kappa shape index (κ1) is 12.2. The number of benzene rings is 1. The lowest BCUT2D eigenvalue weighted by atomic mass is 10.0. The molecule has 0 bridgehead atoms. The summed E-state index contributed by atoms with van der Waals surface area (Å²) in [6, 6.07) is 4.90. The van der Waals surface area contributed by atoms with Crippen LogP contribution >= 0.6 is 12.2 Å². The van der Waals surface area contributed by atoms with E-state index in [1.807, 2.05) is 0 Å². The number of hydrogen-bond donors (Lipinski definition) is 3. The van der Waals surface area contributed by atoms with Gasteiger partial charge in [0, 0.05) is 5.69 Å². The maximum absolute atomic E-state index is 11.0. The largest absolute Gasteiger partial charge is 0.478 e. The molecule has 1 aromatic carbocycles. The topological polar surface area (TPSA) is 75.3 Å². The fraction of sp³-hybridized carbons (Fsp3) is 0.0909. The van der Waals surface area contributed by atoms with Crippen LogP contribution in [0.5, 0.6) is 0 Å². The highest BCUT2D eigenvalue weighted by atomic mass is 32.1. The van der Waals surface area contributed by atoms with Crippen molar-refractivity contribution in [2.75, 3.05) is 5.32 Å². The zero-order valence-electron chi connectivity index (χ0n) is 8.56. The van der Waals surface area contributed by atoms with Crippen LogP contribution in [0.2, 0.25) is 0 Å². The quantitative estimate of drug-likeness (QED) is 0.548. The van der Waals surface area contributed by atoms with Gasteiger partial charge in [0.1, 0.15) is 0 Å². The van der Waals surface area contributed by atoms with Crippen molar-refractivity contribution in [3.05, 3.63) is 42.0 Å². The number of anilines is 1. The Morgan fingerprint density at radius 2 is 2.31 bits per heavy atom. The monoisotopic (exact) mass is 236 g/mol. The first-order valence-electron chi connectivity index (χ1n) is 4.58. The second kappa shape index (κ2) is 5.27. The van der Waals surface area contributed by atoms with Gasteiger partial charge in [0.05, 0.1) is 5.56 Å². The molecule has 0 saturated carbocycles. The molecule has 0 unspecified atom stereocenters. The smallest absolute Gasteiger partial charge is 0.336 e. The van der Waals surface area contributed by atoms with Gasteiger partial charge in [0.15, 0.2) is 5.11 Å². The predicted molar refractivity (Wildman–Crippen MR) is 67.7 cm³/mol. The molecule has 4 N–H and O–H groups in total. The van der Waals surface area contributed by atoms with Gasteiger partial charge in [0.2, 0.25) is 0 Å². The van der Waals surface area contributed by atoms with Crippen LogP contribution in [0.3, 0.4) is 0 Å². The number of rotatable bonds is 4. The van der Waals surface area contributed by atoms with Crippen molar-refractivity contribution in [3.8, 4) is 0 Å². The second-order valence-corrected chi connectivity index (χ2v) is 3.56. The fourth-order valence-corrected chi connectivity index (χ4v) is 1.51. The number of aromatic carboxylic acids is 1. The standard InChI is InChI=1S/C11H12N2O2S/c1-2-4-7-8(10(14)15)5-3-6-9(7)13-11(12)16/h2-3,5-6H,1,4H2,(H,14,15)(H3,12,13,16). The number of allylic oxidation sites excluding steroid dienone is 1. The summed E-state index contributed by atoms with van der Waals surface area (Å²) in [5.74, 6) is -0.983. The fourth-order valence-electron chi connectivity index (χ4n) is 1.40. The molecule has 0 radical (unpaired) electrons. The normalized spacial score (nSPS) is 9.50. The summed E-state index contributed by atoms with van der Waals surface area (Å²) >= 11 is 4.72. The van der Waals surface area contributed by atoms with E-state index in [0.29, 0.717) is 17.7 Å². The summed E-state index contributed by atoms with van der Waals surface area (Å²) in [5, 5.41) is 11.9. The van der Waals surface area contributed by atoms with Crippen LogP contribution in [0.1, 0.15) is 15.9 Å². The molecule has 0 aromatic heterocycles. The highest BCUT2D eigenvalue weighted by molar-refractivity contribution is 7.80. The van der Waals surface area contributed by atoms with E-state index in [1.165, 1.54) is 6.07 Å². The number of carbonyl (C=O) groups is 1. The van der Waals surface area contributed by atoms with Gasteiger partial charge in [-0.3, -0.25) is 0 Å². The second-order valence-electron chi connectivity index (χ2n) is 3.12. The molecule has 84 valence electrons. The maximum atomic E-state index is 11.0. The molecule has 0 aliphatic heterocycles. The molecule has 4 nitrogen and oxygen atoms in total. The molecule has 0 aliphatic rings. The van der Waals surface area contributed by atoms with E-state index in [4.69, 9.17) is 23.1 Å². The Morgan fingerprint density at radius 3 is 2.81 bits per heavy atom. The number of thiocarbonyl (C=S) groups is 1. The van der Waals surface area contributed by atoms with Crippen molar-refractivity contribution in [1.29, 1.82) is 0 Å². The third-order valence-electron chi connectivity index (χ3n) is 2.01. The Hall–Kier alpha value is -1.88. The van der Waals surface area contributed by atoms with Crippen molar-refractivity contribution < 1.29 is 9.90 Å². The number of nitrogens with two attached hydrogens (primary N) is 1. The Morgan fingerprint density at radius 1 is 1.62 bits per heavy atom. The van der Waals surface area contributed by atoms with E-state index in [-0.39, 0.29) is 10.7 Å². The molecule has 0 aliphatic carbocycles. The van der Waals surface area contributed by atoms with E-state index < -0.39 is 5.97 Å². The van der Waals surface area contributed by atoms with Crippen molar-refractivity contribution in [3.63, 3.8) is 0 Å². The minimum atomic E-state index is -0.983. The average Bonchev–Trinajstić information content (AvgIpc) is 2.19. The first-order chi connectivity index (χ1) is 7.56. The summed E-state index contributed by atoms with van der Waals surface area (Å²) < 4.78 is 0. The van der Waals surface area contributed by atoms with Crippen LogP contribution in [0.25, 0.3) is 0 Å². The van der Waals surface area contributed by atoms with E-state index in [0.717, 1.165) is 0 Å². The van der Waals surface area contributed by atoms with Crippen molar-refractivity contribution in [2.24, 2.45) is 5.73 Å². The number of nitrogens with one attached hydrogen (secondary N) is 1. The van der Waals surface area contributed by atoms with Gasteiger partial charge < -0.3 is 16.2 Å². The summed E-state index contributed by atoms with van der Waals surface area (Å²) in [5.41, 5.74) is 6.81. The minimum absolute atomic E-state index is 0.104. The Balaban J connectivity index is 3.25.